The first-order valence-electron chi connectivity index (χ1n) is 7.57. The van der Waals surface area contributed by atoms with Crippen molar-refractivity contribution in [3.05, 3.63) is 42.1 Å². The fourth-order valence-corrected chi connectivity index (χ4v) is 3.17. The van der Waals surface area contributed by atoms with Gasteiger partial charge < -0.3 is 10.0 Å². The summed E-state index contributed by atoms with van der Waals surface area (Å²) in [4.78, 5) is 19.2. The predicted molar refractivity (Wildman–Crippen MR) is 82.1 cm³/mol. The second-order valence-corrected chi connectivity index (χ2v) is 5.54. The molecule has 0 bridgehead atoms. The van der Waals surface area contributed by atoms with E-state index in [4.69, 9.17) is 5.11 Å². The Hall–Kier alpha value is -1.94. The van der Waals surface area contributed by atoms with Crippen molar-refractivity contribution < 1.29 is 9.90 Å². The molecule has 0 saturated carbocycles. The standard InChI is InChI=1S/C17H20N2O2/c20-12-4-6-13-5-3-11-19(13)17(21)15-7-1-9-16-14(15)8-2-10-18-16/h1-2,7-10,13,20H,3-6,11-12H2. The van der Waals surface area contributed by atoms with E-state index in [1.165, 1.54) is 0 Å². The number of rotatable bonds is 4. The lowest BCUT2D eigenvalue weighted by Crippen LogP contribution is -2.35. The third kappa shape index (κ3) is 2.76. The number of pyridine rings is 1. The van der Waals surface area contributed by atoms with Crippen LogP contribution >= 0.6 is 0 Å². The fourth-order valence-electron chi connectivity index (χ4n) is 3.17. The summed E-state index contributed by atoms with van der Waals surface area (Å²) in [6, 6.07) is 9.78. The summed E-state index contributed by atoms with van der Waals surface area (Å²) in [6.07, 6.45) is 5.47. The smallest absolute Gasteiger partial charge is 0.254 e. The highest BCUT2D eigenvalue weighted by Crippen LogP contribution is 2.26. The summed E-state index contributed by atoms with van der Waals surface area (Å²) in [5.41, 5.74) is 1.59. The molecule has 1 aliphatic heterocycles. The van der Waals surface area contributed by atoms with Crippen LogP contribution in [-0.2, 0) is 0 Å². The molecule has 1 amide bonds. The molecule has 1 atom stereocenters. The van der Waals surface area contributed by atoms with Crippen LogP contribution in [0.15, 0.2) is 36.5 Å². The molecule has 21 heavy (non-hydrogen) atoms. The zero-order chi connectivity index (χ0) is 14.7. The molecule has 110 valence electrons. The second-order valence-electron chi connectivity index (χ2n) is 5.54. The van der Waals surface area contributed by atoms with Crippen LogP contribution in [0.1, 0.15) is 36.0 Å². The van der Waals surface area contributed by atoms with Gasteiger partial charge in [0.05, 0.1) is 5.52 Å². The third-order valence-electron chi connectivity index (χ3n) is 4.21. The Morgan fingerprint density at radius 2 is 2.24 bits per heavy atom. The Morgan fingerprint density at radius 3 is 3.10 bits per heavy atom. The van der Waals surface area contributed by atoms with E-state index < -0.39 is 0 Å². The van der Waals surface area contributed by atoms with Crippen LogP contribution in [0.3, 0.4) is 0 Å². The minimum atomic E-state index is 0.0917. The molecule has 1 saturated heterocycles. The van der Waals surface area contributed by atoms with E-state index in [0.717, 1.165) is 48.7 Å². The minimum Gasteiger partial charge on any atom is -0.396 e. The van der Waals surface area contributed by atoms with Crippen molar-refractivity contribution >= 4 is 16.8 Å². The molecule has 1 aromatic carbocycles. The molecule has 3 rings (SSSR count). The van der Waals surface area contributed by atoms with Crippen molar-refractivity contribution in [1.82, 2.24) is 9.88 Å². The lowest BCUT2D eigenvalue weighted by molar-refractivity contribution is 0.0726. The average molecular weight is 284 g/mol. The molecule has 0 aliphatic carbocycles. The van der Waals surface area contributed by atoms with Crippen LogP contribution in [0, 0.1) is 0 Å². The summed E-state index contributed by atoms with van der Waals surface area (Å²) < 4.78 is 0. The van der Waals surface area contributed by atoms with Gasteiger partial charge >= 0.3 is 0 Å². The summed E-state index contributed by atoms with van der Waals surface area (Å²) in [5.74, 6) is 0.0917. The van der Waals surface area contributed by atoms with Gasteiger partial charge in [0.25, 0.3) is 5.91 Å². The zero-order valence-corrected chi connectivity index (χ0v) is 12.0. The molecule has 2 aromatic rings. The number of carbonyl (C=O) groups excluding carboxylic acids is 1. The van der Waals surface area contributed by atoms with Crippen molar-refractivity contribution in [2.75, 3.05) is 13.2 Å². The predicted octanol–water partition coefficient (Wildman–Crippen LogP) is 2.61. The van der Waals surface area contributed by atoms with Gasteiger partial charge in [0.15, 0.2) is 0 Å². The van der Waals surface area contributed by atoms with Crippen LogP contribution in [0.2, 0.25) is 0 Å². The summed E-state index contributed by atoms with van der Waals surface area (Å²) in [5, 5.41) is 9.91. The molecule has 1 N–H and O–H groups in total. The van der Waals surface area contributed by atoms with E-state index in [9.17, 15) is 4.79 Å². The van der Waals surface area contributed by atoms with Crippen LogP contribution in [-0.4, -0.2) is 40.1 Å². The number of likely N-dealkylation sites (tertiary alicyclic amines) is 1. The van der Waals surface area contributed by atoms with Gasteiger partial charge in [-0.15, -0.1) is 0 Å². The molecule has 4 heteroatoms. The molecular formula is C17H20N2O2. The fraction of sp³-hybridized carbons (Fsp3) is 0.412. The largest absolute Gasteiger partial charge is 0.396 e. The minimum absolute atomic E-state index is 0.0917. The zero-order valence-electron chi connectivity index (χ0n) is 12.0. The van der Waals surface area contributed by atoms with Crippen LogP contribution < -0.4 is 0 Å². The van der Waals surface area contributed by atoms with Crippen molar-refractivity contribution in [1.29, 1.82) is 0 Å². The molecular weight excluding hydrogens is 264 g/mol. The number of aliphatic hydroxyl groups excluding tert-OH is 1. The second kappa shape index (κ2) is 6.22. The number of aliphatic hydroxyl groups is 1. The summed E-state index contributed by atoms with van der Waals surface area (Å²) >= 11 is 0. The number of amides is 1. The summed E-state index contributed by atoms with van der Waals surface area (Å²) in [6.45, 7) is 1.00. The Kier molecular flexibility index (Phi) is 4.15. The van der Waals surface area contributed by atoms with E-state index in [0.29, 0.717) is 0 Å². The maximum atomic E-state index is 12.9. The number of nitrogens with zero attached hydrogens (tertiary/aromatic N) is 2. The lowest BCUT2D eigenvalue weighted by atomic mass is 10.1. The maximum absolute atomic E-state index is 12.9. The van der Waals surface area contributed by atoms with E-state index in [1.54, 1.807) is 6.20 Å². The first-order chi connectivity index (χ1) is 10.3. The van der Waals surface area contributed by atoms with Crippen LogP contribution in [0.4, 0.5) is 0 Å². The molecule has 1 fully saturated rings. The molecule has 1 unspecified atom stereocenters. The first-order valence-corrected chi connectivity index (χ1v) is 7.57. The van der Waals surface area contributed by atoms with E-state index in [1.807, 2.05) is 35.2 Å². The highest BCUT2D eigenvalue weighted by molar-refractivity contribution is 6.06. The van der Waals surface area contributed by atoms with Crippen molar-refractivity contribution in [2.24, 2.45) is 0 Å². The van der Waals surface area contributed by atoms with E-state index in [2.05, 4.69) is 4.98 Å². The Bertz CT molecular complexity index is 636. The van der Waals surface area contributed by atoms with Gasteiger partial charge in [-0.25, -0.2) is 0 Å². The molecule has 1 aromatic heterocycles. The topological polar surface area (TPSA) is 53.4 Å². The van der Waals surface area contributed by atoms with Crippen molar-refractivity contribution in [2.45, 2.75) is 31.7 Å². The van der Waals surface area contributed by atoms with Gasteiger partial charge in [-0.05, 0) is 43.9 Å². The van der Waals surface area contributed by atoms with Crippen LogP contribution in [0.25, 0.3) is 10.9 Å². The van der Waals surface area contributed by atoms with Crippen molar-refractivity contribution in [3.63, 3.8) is 0 Å². The lowest BCUT2D eigenvalue weighted by Gasteiger charge is -2.25. The average Bonchev–Trinajstić information content (AvgIpc) is 3.00. The Morgan fingerprint density at radius 1 is 1.33 bits per heavy atom. The number of aromatic nitrogens is 1. The van der Waals surface area contributed by atoms with Gasteiger partial charge in [0.2, 0.25) is 0 Å². The quantitative estimate of drug-likeness (QED) is 0.939. The number of carbonyl (C=O) groups is 1. The van der Waals surface area contributed by atoms with Crippen molar-refractivity contribution in [3.8, 4) is 0 Å². The molecule has 4 nitrogen and oxygen atoms in total. The molecule has 1 aliphatic rings. The van der Waals surface area contributed by atoms with Gasteiger partial charge in [-0.2, -0.15) is 0 Å². The SMILES string of the molecule is O=C(c1cccc2ncccc12)N1CCCC1CCCO. The Labute approximate surface area is 124 Å². The number of fused-ring (bicyclic) bond motifs is 1. The number of hydrogen-bond acceptors (Lipinski definition) is 3. The monoisotopic (exact) mass is 284 g/mol. The van der Waals surface area contributed by atoms with Gasteiger partial charge in [0, 0.05) is 36.3 Å². The van der Waals surface area contributed by atoms with E-state index in [-0.39, 0.29) is 18.6 Å². The Balaban J connectivity index is 1.89. The molecule has 0 spiro atoms. The maximum Gasteiger partial charge on any atom is 0.254 e. The van der Waals surface area contributed by atoms with Gasteiger partial charge in [-0.3, -0.25) is 9.78 Å². The first kappa shape index (κ1) is 14.0. The van der Waals surface area contributed by atoms with Gasteiger partial charge in [-0.1, -0.05) is 12.1 Å². The highest BCUT2D eigenvalue weighted by Gasteiger charge is 2.29. The van der Waals surface area contributed by atoms with Gasteiger partial charge in [0.1, 0.15) is 0 Å². The molecule has 2 heterocycles. The highest BCUT2D eigenvalue weighted by atomic mass is 16.3. The number of hydrogen-bond donors (Lipinski definition) is 1. The third-order valence-corrected chi connectivity index (χ3v) is 4.21. The number of benzene rings is 1. The normalized spacial score (nSPS) is 18.3. The van der Waals surface area contributed by atoms with E-state index >= 15 is 0 Å². The van der Waals surface area contributed by atoms with Crippen LogP contribution in [0.5, 0.6) is 0 Å². The summed E-state index contributed by atoms with van der Waals surface area (Å²) in [7, 11) is 0. The molecule has 0 radical (unpaired) electrons.